The lowest BCUT2D eigenvalue weighted by Crippen LogP contribution is -2.27. The van der Waals surface area contributed by atoms with Gasteiger partial charge in [-0.05, 0) is 29.8 Å². The molecule has 0 bridgehead atoms. The van der Waals surface area contributed by atoms with Gasteiger partial charge in [-0.25, -0.2) is 0 Å². The Balaban J connectivity index is 1.95. The fraction of sp³-hybridized carbons (Fsp3) is 0.214. The van der Waals surface area contributed by atoms with Crippen LogP contribution in [0.25, 0.3) is 0 Å². The molecule has 4 heteroatoms. The molecule has 0 aliphatic carbocycles. The van der Waals surface area contributed by atoms with Crippen molar-refractivity contribution in [3.05, 3.63) is 59.0 Å². The average molecular weight is 264 g/mol. The molecular formula is C14H14ClNO2. The van der Waals surface area contributed by atoms with Crippen molar-refractivity contribution in [1.29, 1.82) is 0 Å². The van der Waals surface area contributed by atoms with Crippen LogP contribution in [0.1, 0.15) is 11.3 Å². The molecule has 0 saturated heterocycles. The molecule has 1 heterocycles. The van der Waals surface area contributed by atoms with Crippen LogP contribution < -0.4 is 0 Å². The van der Waals surface area contributed by atoms with Crippen LogP contribution in [0, 0.1) is 0 Å². The SMILES string of the molecule is CN(Cc1ccco1)C(=O)Cc1cccc(Cl)c1. The molecule has 0 aliphatic rings. The summed E-state index contributed by atoms with van der Waals surface area (Å²) in [5.41, 5.74) is 0.916. The van der Waals surface area contributed by atoms with E-state index in [0.29, 0.717) is 18.0 Å². The van der Waals surface area contributed by atoms with Crippen LogP contribution in [-0.4, -0.2) is 17.9 Å². The van der Waals surface area contributed by atoms with Crippen molar-refractivity contribution >= 4 is 17.5 Å². The number of nitrogens with zero attached hydrogens (tertiary/aromatic N) is 1. The Kier molecular flexibility index (Phi) is 4.05. The molecule has 3 nitrogen and oxygen atoms in total. The van der Waals surface area contributed by atoms with E-state index >= 15 is 0 Å². The number of likely N-dealkylation sites (N-methyl/N-ethyl adjacent to an activating group) is 1. The predicted molar refractivity (Wildman–Crippen MR) is 70.3 cm³/mol. The van der Waals surface area contributed by atoms with E-state index in [2.05, 4.69) is 0 Å². The Morgan fingerprint density at radius 3 is 2.83 bits per heavy atom. The van der Waals surface area contributed by atoms with Gasteiger partial charge in [-0.15, -0.1) is 0 Å². The van der Waals surface area contributed by atoms with Gasteiger partial charge in [-0.3, -0.25) is 4.79 Å². The molecule has 0 unspecified atom stereocenters. The quantitative estimate of drug-likeness (QED) is 0.849. The summed E-state index contributed by atoms with van der Waals surface area (Å²) in [6, 6.07) is 11.0. The number of hydrogen-bond donors (Lipinski definition) is 0. The van der Waals surface area contributed by atoms with Gasteiger partial charge in [-0.1, -0.05) is 23.7 Å². The van der Waals surface area contributed by atoms with Crippen LogP contribution in [0.15, 0.2) is 47.1 Å². The van der Waals surface area contributed by atoms with E-state index in [1.54, 1.807) is 30.3 Å². The molecule has 2 aromatic rings. The van der Waals surface area contributed by atoms with Crippen molar-refractivity contribution in [1.82, 2.24) is 4.90 Å². The van der Waals surface area contributed by atoms with Gasteiger partial charge in [0.05, 0.1) is 19.2 Å². The van der Waals surface area contributed by atoms with Gasteiger partial charge in [0.25, 0.3) is 0 Å². The normalized spacial score (nSPS) is 10.3. The molecule has 0 aliphatic heterocycles. The molecular weight excluding hydrogens is 250 g/mol. The van der Waals surface area contributed by atoms with E-state index in [1.807, 2.05) is 24.3 Å². The highest BCUT2D eigenvalue weighted by molar-refractivity contribution is 6.30. The van der Waals surface area contributed by atoms with Crippen molar-refractivity contribution in [2.45, 2.75) is 13.0 Å². The zero-order valence-corrected chi connectivity index (χ0v) is 10.9. The molecule has 0 N–H and O–H groups in total. The summed E-state index contributed by atoms with van der Waals surface area (Å²) in [5, 5.41) is 0.647. The molecule has 1 aromatic carbocycles. The number of rotatable bonds is 4. The second-order valence-corrected chi connectivity index (χ2v) is 4.57. The smallest absolute Gasteiger partial charge is 0.227 e. The zero-order chi connectivity index (χ0) is 13.0. The third-order valence-corrected chi connectivity index (χ3v) is 2.88. The monoisotopic (exact) mass is 263 g/mol. The van der Waals surface area contributed by atoms with Crippen LogP contribution in [0.2, 0.25) is 5.02 Å². The maximum atomic E-state index is 12.0. The van der Waals surface area contributed by atoms with Crippen molar-refractivity contribution in [2.75, 3.05) is 7.05 Å². The van der Waals surface area contributed by atoms with Crippen LogP contribution in [0.5, 0.6) is 0 Å². The Hall–Kier alpha value is -1.74. The summed E-state index contributed by atoms with van der Waals surface area (Å²) in [5.74, 6) is 0.811. The predicted octanol–water partition coefficient (Wildman–Crippen LogP) is 3.13. The molecule has 94 valence electrons. The maximum absolute atomic E-state index is 12.0. The summed E-state index contributed by atoms with van der Waals surface area (Å²) >= 11 is 5.88. The minimum Gasteiger partial charge on any atom is -0.467 e. The van der Waals surface area contributed by atoms with Gasteiger partial charge in [0.1, 0.15) is 5.76 Å². The van der Waals surface area contributed by atoms with Gasteiger partial charge >= 0.3 is 0 Å². The Morgan fingerprint density at radius 2 is 2.17 bits per heavy atom. The zero-order valence-electron chi connectivity index (χ0n) is 10.1. The van der Waals surface area contributed by atoms with E-state index in [-0.39, 0.29) is 5.91 Å². The average Bonchev–Trinajstić information content (AvgIpc) is 2.81. The number of furan rings is 1. The van der Waals surface area contributed by atoms with E-state index in [0.717, 1.165) is 11.3 Å². The third kappa shape index (κ3) is 3.37. The molecule has 18 heavy (non-hydrogen) atoms. The Morgan fingerprint density at radius 1 is 1.33 bits per heavy atom. The first-order valence-corrected chi connectivity index (χ1v) is 6.04. The highest BCUT2D eigenvalue weighted by Gasteiger charge is 2.11. The number of carbonyl (C=O) groups excluding carboxylic acids is 1. The second kappa shape index (κ2) is 5.74. The third-order valence-electron chi connectivity index (χ3n) is 2.64. The first-order valence-electron chi connectivity index (χ1n) is 5.66. The number of amides is 1. The molecule has 1 aromatic heterocycles. The highest BCUT2D eigenvalue weighted by atomic mass is 35.5. The van der Waals surface area contributed by atoms with E-state index in [9.17, 15) is 4.79 Å². The van der Waals surface area contributed by atoms with E-state index in [1.165, 1.54) is 0 Å². The van der Waals surface area contributed by atoms with Crippen molar-refractivity contribution < 1.29 is 9.21 Å². The molecule has 0 atom stereocenters. The number of halogens is 1. The van der Waals surface area contributed by atoms with E-state index in [4.69, 9.17) is 16.0 Å². The Bertz CT molecular complexity index is 522. The molecule has 0 fully saturated rings. The minimum atomic E-state index is 0.0358. The summed E-state index contributed by atoms with van der Waals surface area (Å²) in [7, 11) is 1.76. The molecule has 0 saturated carbocycles. The van der Waals surface area contributed by atoms with Gasteiger partial charge in [-0.2, -0.15) is 0 Å². The fourth-order valence-corrected chi connectivity index (χ4v) is 1.89. The lowest BCUT2D eigenvalue weighted by atomic mass is 10.1. The number of benzene rings is 1. The molecule has 2 rings (SSSR count). The lowest BCUT2D eigenvalue weighted by Gasteiger charge is -2.15. The van der Waals surface area contributed by atoms with Crippen LogP contribution in [0.4, 0.5) is 0 Å². The van der Waals surface area contributed by atoms with Gasteiger partial charge < -0.3 is 9.32 Å². The highest BCUT2D eigenvalue weighted by Crippen LogP contribution is 2.12. The van der Waals surface area contributed by atoms with Crippen molar-refractivity contribution in [2.24, 2.45) is 0 Å². The van der Waals surface area contributed by atoms with Crippen LogP contribution in [0.3, 0.4) is 0 Å². The van der Waals surface area contributed by atoms with Gasteiger partial charge in [0.2, 0.25) is 5.91 Å². The van der Waals surface area contributed by atoms with Crippen molar-refractivity contribution in [3.63, 3.8) is 0 Å². The topological polar surface area (TPSA) is 33.5 Å². The van der Waals surface area contributed by atoms with Gasteiger partial charge in [0, 0.05) is 12.1 Å². The van der Waals surface area contributed by atoms with Crippen LogP contribution in [-0.2, 0) is 17.8 Å². The summed E-state index contributed by atoms with van der Waals surface area (Å²) in [4.78, 5) is 13.6. The first kappa shape index (κ1) is 12.7. The molecule has 1 amide bonds. The lowest BCUT2D eigenvalue weighted by molar-refractivity contribution is -0.129. The maximum Gasteiger partial charge on any atom is 0.227 e. The Labute approximate surface area is 111 Å². The molecule has 0 radical (unpaired) electrons. The van der Waals surface area contributed by atoms with Crippen LogP contribution >= 0.6 is 11.6 Å². The van der Waals surface area contributed by atoms with E-state index < -0.39 is 0 Å². The molecule has 0 spiro atoms. The number of hydrogen-bond acceptors (Lipinski definition) is 2. The standard InChI is InChI=1S/C14H14ClNO2/c1-16(10-13-6-3-7-18-13)14(17)9-11-4-2-5-12(15)8-11/h2-8H,9-10H2,1H3. The second-order valence-electron chi connectivity index (χ2n) is 4.14. The fourth-order valence-electron chi connectivity index (χ4n) is 1.68. The summed E-state index contributed by atoms with van der Waals surface area (Å²) in [6.07, 6.45) is 1.95. The summed E-state index contributed by atoms with van der Waals surface area (Å²) < 4.78 is 5.21. The minimum absolute atomic E-state index is 0.0358. The largest absolute Gasteiger partial charge is 0.467 e. The van der Waals surface area contributed by atoms with Crippen molar-refractivity contribution in [3.8, 4) is 0 Å². The first-order chi connectivity index (χ1) is 8.65. The number of carbonyl (C=O) groups is 1. The summed E-state index contributed by atoms with van der Waals surface area (Å²) in [6.45, 7) is 0.479. The van der Waals surface area contributed by atoms with Gasteiger partial charge in [0.15, 0.2) is 0 Å².